The summed E-state index contributed by atoms with van der Waals surface area (Å²) in [5.74, 6) is 0.613. The van der Waals surface area contributed by atoms with Crippen LogP contribution in [0.1, 0.15) is 18.9 Å². The molecule has 21 heavy (non-hydrogen) atoms. The standard InChI is InChI=1S/C16H22N2O3/c1-2-14-11-20-7-6-18(14)10-15(19)12-21-16-5-3-4-13(8-16)9-17/h3-5,8,14-15,19H,2,6-7,10-12H2,1H3. The first kappa shape index (κ1) is 15.8. The molecule has 1 aromatic carbocycles. The highest BCUT2D eigenvalue weighted by molar-refractivity contribution is 5.36. The fourth-order valence-electron chi connectivity index (χ4n) is 2.48. The smallest absolute Gasteiger partial charge is 0.120 e. The maximum absolute atomic E-state index is 10.1. The molecule has 0 aliphatic carbocycles. The Hall–Kier alpha value is -1.61. The molecule has 0 radical (unpaired) electrons. The zero-order valence-electron chi connectivity index (χ0n) is 12.4. The van der Waals surface area contributed by atoms with Gasteiger partial charge < -0.3 is 14.6 Å². The average Bonchev–Trinajstić information content (AvgIpc) is 2.53. The van der Waals surface area contributed by atoms with E-state index in [1.807, 2.05) is 0 Å². The Labute approximate surface area is 125 Å². The first-order valence-corrected chi connectivity index (χ1v) is 7.35. The molecule has 5 heteroatoms. The van der Waals surface area contributed by atoms with Gasteiger partial charge in [0.1, 0.15) is 18.5 Å². The molecule has 1 heterocycles. The summed E-state index contributed by atoms with van der Waals surface area (Å²) in [6.07, 6.45) is 0.459. The van der Waals surface area contributed by atoms with Gasteiger partial charge in [0.15, 0.2) is 0 Å². The fourth-order valence-corrected chi connectivity index (χ4v) is 2.48. The minimum Gasteiger partial charge on any atom is -0.491 e. The van der Waals surface area contributed by atoms with E-state index in [9.17, 15) is 5.11 Å². The van der Waals surface area contributed by atoms with Gasteiger partial charge in [-0.2, -0.15) is 5.26 Å². The van der Waals surface area contributed by atoms with Crippen LogP contribution in [0.5, 0.6) is 5.75 Å². The third-order valence-corrected chi connectivity index (χ3v) is 3.67. The van der Waals surface area contributed by atoms with E-state index in [1.54, 1.807) is 24.3 Å². The van der Waals surface area contributed by atoms with Gasteiger partial charge >= 0.3 is 0 Å². The van der Waals surface area contributed by atoms with Gasteiger partial charge in [-0.3, -0.25) is 4.90 Å². The van der Waals surface area contributed by atoms with E-state index in [1.165, 1.54) is 0 Å². The molecule has 1 aliphatic rings. The lowest BCUT2D eigenvalue weighted by Gasteiger charge is -2.36. The van der Waals surface area contributed by atoms with Crippen LogP contribution in [0, 0.1) is 11.3 Å². The van der Waals surface area contributed by atoms with Crippen LogP contribution in [0.15, 0.2) is 24.3 Å². The van der Waals surface area contributed by atoms with E-state index in [-0.39, 0.29) is 6.61 Å². The van der Waals surface area contributed by atoms with Gasteiger partial charge in [0.05, 0.1) is 24.8 Å². The second-order valence-electron chi connectivity index (χ2n) is 5.24. The highest BCUT2D eigenvalue weighted by Gasteiger charge is 2.23. The highest BCUT2D eigenvalue weighted by Crippen LogP contribution is 2.14. The molecule has 1 N–H and O–H groups in total. The maximum atomic E-state index is 10.1. The van der Waals surface area contributed by atoms with Gasteiger partial charge in [-0.25, -0.2) is 0 Å². The molecule has 0 amide bonds. The Morgan fingerprint density at radius 1 is 1.57 bits per heavy atom. The summed E-state index contributed by atoms with van der Waals surface area (Å²) in [4.78, 5) is 2.25. The molecule has 2 rings (SSSR count). The van der Waals surface area contributed by atoms with Crippen molar-refractivity contribution in [1.29, 1.82) is 5.26 Å². The molecule has 114 valence electrons. The van der Waals surface area contributed by atoms with Crippen molar-refractivity contribution < 1.29 is 14.6 Å². The molecule has 1 saturated heterocycles. The largest absolute Gasteiger partial charge is 0.491 e. The molecule has 1 aliphatic heterocycles. The Morgan fingerprint density at radius 3 is 3.19 bits per heavy atom. The zero-order valence-corrected chi connectivity index (χ0v) is 12.4. The lowest BCUT2D eigenvalue weighted by atomic mass is 10.1. The summed E-state index contributed by atoms with van der Waals surface area (Å²) in [6.45, 7) is 5.23. The van der Waals surface area contributed by atoms with Gasteiger partial charge in [0, 0.05) is 19.1 Å². The molecule has 2 atom stereocenters. The van der Waals surface area contributed by atoms with E-state index in [0.29, 0.717) is 30.5 Å². The van der Waals surface area contributed by atoms with E-state index in [0.717, 1.165) is 19.6 Å². The predicted octanol–water partition coefficient (Wildman–Crippen LogP) is 1.41. The summed E-state index contributed by atoms with van der Waals surface area (Å²) >= 11 is 0. The van der Waals surface area contributed by atoms with Crippen LogP contribution in [0.2, 0.25) is 0 Å². The number of aliphatic hydroxyl groups is 1. The minimum atomic E-state index is -0.553. The van der Waals surface area contributed by atoms with Gasteiger partial charge in [-0.05, 0) is 24.6 Å². The number of benzene rings is 1. The van der Waals surface area contributed by atoms with Crippen LogP contribution in [0.25, 0.3) is 0 Å². The highest BCUT2D eigenvalue weighted by atomic mass is 16.5. The molecule has 0 saturated carbocycles. The first-order chi connectivity index (χ1) is 10.2. The number of hydrogen-bond donors (Lipinski definition) is 1. The SMILES string of the molecule is CCC1COCCN1CC(O)COc1cccc(C#N)c1. The van der Waals surface area contributed by atoms with Crippen molar-refractivity contribution in [3.05, 3.63) is 29.8 Å². The van der Waals surface area contributed by atoms with E-state index in [4.69, 9.17) is 14.7 Å². The fraction of sp³-hybridized carbons (Fsp3) is 0.562. The number of rotatable bonds is 6. The second-order valence-corrected chi connectivity index (χ2v) is 5.24. The number of hydrogen-bond acceptors (Lipinski definition) is 5. The molecular weight excluding hydrogens is 268 g/mol. The van der Waals surface area contributed by atoms with Crippen molar-refractivity contribution in [2.75, 3.05) is 32.9 Å². The van der Waals surface area contributed by atoms with Gasteiger partial charge in [0.2, 0.25) is 0 Å². The number of nitriles is 1. The van der Waals surface area contributed by atoms with Crippen LogP contribution in [0.4, 0.5) is 0 Å². The molecule has 1 aromatic rings. The molecule has 1 fully saturated rings. The molecule has 5 nitrogen and oxygen atoms in total. The maximum Gasteiger partial charge on any atom is 0.120 e. The summed E-state index contributed by atoms with van der Waals surface area (Å²) in [5, 5.41) is 19.0. The van der Waals surface area contributed by atoms with Crippen molar-refractivity contribution in [2.45, 2.75) is 25.5 Å². The average molecular weight is 290 g/mol. The Balaban J connectivity index is 1.81. The number of ether oxygens (including phenoxy) is 2. The van der Waals surface area contributed by atoms with E-state index < -0.39 is 6.10 Å². The van der Waals surface area contributed by atoms with Crippen LogP contribution in [0.3, 0.4) is 0 Å². The van der Waals surface area contributed by atoms with E-state index >= 15 is 0 Å². The lowest BCUT2D eigenvalue weighted by Crippen LogP contribution is -2.49. The van der Waals surface area contributed by atoms with Crippen LogP contribution in [-0.2, 0) is 4.74 Å². The summed E-state index contributed by atoms with van der Waals surface area (Å²) < 4.78 is 11.0. The van der Waals surface area contributed by atoms with Gasteiger partial charge in [-0.1, -0.05) is 13.0 Å². The number of aliphatic hydroxyl groups excluding tert-OH is 1. The Kier molecular flexibility index (Phi) is 6.00. The number of β-amino-alcohol motifs (C(OH)–C–C–N with tert-alkyl or cyclic N) is 1. The Morgan fingerprint density at radius 2 is 2.43 bits per heavy atom. The third-order valence-electron chi connectivity index (χ3n) is 3.67. The second kappa shape index (κ2) is 7.99. The summed E-state index contributed by atoms with van der Waals surface area (Å²) in [6, 6.07) is 9.40. The quantitative estimate of drug-likeness (QED) is 0.858. The molecule has 2 unspecified atom stereocenters. The van der Waals surface area contributed by atoms with Crippen molar-refractivity contribution >= 4 is 0 Å². The first-order valence-electron chi connectivity index (χ1n) is 7.35. The topological polar surface area (TPSA) is 65.7 Å². The van der Waals surface area contributed by atoms with Gasteiger partial charge in [-0.15, -0.1) is 0 Å². The Bertz CT molecular complexity index is 487. The van der Waals surface area contributed by atoms with Gasteiger partial charge in [0.25, 0.3) is 0 Å². The predicted molar refractivity (Wildman–Crippen MR) is 79.1 cm³/mol. The van der Waals surface area contributed by atoms with Crippen molar-refractivity contribution in [3.63, 3.8) is 0 Å². The monoisotopic (exact) mass is 290 g/mol. The molecular formula is C16H22N2O3. The van der Waals surface area contributed by atoms with Crippen LogP contribution in [-0.4, -0.2) is 55.1 Å². The van der Waals surface area contributed by atoms with Crippen molar-refractivity contribution in [3.8, 4) is 11.8 Å². The normalized spacial score (nSPS) is 20.7. The lowest BCUT2D eigenvalue weighted by molar-refractivity contribution is -0.0333. The number of morpholine rings is 1. The molecule has 0 bridgehead atoms. The third kappa shape index (κ3) is 4.71. The van der Waals surface area contributed by atoms with Crippen molar-refractivity contribution in [2.24, 2.45) is 0 Å². The van der Waals surface area contributed by atoms with E-state index in [2.05, 4.69) is 17.9 Å². The molecule has 0 aromatic heterocycles. The minimum absolute atomic E-state index is 0.225. The summed E-state index contributed by atoms with van der Waals surface area (Å²) in [7, 11) is 0. The van der Waals surface area contributed by atoms with Crippen LogP contribution < -0.4 is 4.74 Å². The summed E-state index contributed by atoms with van der Waals surface area (Å²) in [5.41, 5.74) is 0.557. The zero-order chi connectivity index (χ0) is 15.1. The van der Waals surface area contributed by atoms with Crippen LogP contribution >= 0.6 is 0 Å². The number of nitrogens with zero attached hydrogens (tertiary/aromatic N) is 2. The van der Waals surface area contributed by atoms with Crippen molar-refractivity contribution in [1.82, 2.24) is 4.90 Å². The molecule has 0 spiro atoms.